The highest BCUT2D eigenvalue weighted by Gasteiger charge is 2.17. The fourth-order valence-electron chi connectivity index (χ4n) is 4.35. The average molecular weight is 518 g/mol. The third-order valence-corrected chi connectivity index (χ3v) is 8.67. The van der Waals surface area contributed by atoms with Crippen LogP contribution in [0.2, 0.25) is 0 Å². The lowest BCUT2D eigenvalue weighted by molar-refractivity contribution is 0.264. The molecule has 3 nitrogen and oxygen atoms in total. The first-order valence-electron chi connectivity index (χ1n) is 13.0. The zero-order valence-corrected chi connectivity index (χ0v) is 22.6. The van der Waals surface area contributed by atoms with Crippen molar-refractivity contribution in [2.24, 2.45) is 5.73 Å². The Hall–Kier alpha value is -3.75. The number of nitrogens with two attached hydrogens (primary N) is 2. The normalized spacial score (nSPS) is 10.7. The third-order valence-electron chi connectivity index (χ3n) is 6.15. The van der Waals surface area contributed by atoms with Gasteiger partial charge in [0.1, 0.15) is 0 Å². The van der Waals surface area contributed by atoms with E-state index < -0.39 is 7.92 Å². The van der Waals surface area contributed by atoms with Crippen LogP contribution in [0.4, 0.5) is 5.69 Å². The van der Waals surface area contributed by atoms with Gasteiger partial charge in [-0.25, -0.2) is 0 Å². The lowest BCUT2D eigenvalue weighted by Gasteiger charge is -2.21. The van der Waals surface area contributed by atoms with Crippen molar-refractivity contribution in [2.75, 3.05) is 18.8 Å². The molecule has 5 rings (SSSR count). The summed E-state index contributed by atoms with van der Waals surface area (Å²) in [7, 11) is -0.592. The molecule has 192 valence electrons. The lowest BCUT2D eigenvalue weighted by Crippen LogP contribution is -2.28. The van der Waals surface area contributed by atoms with E-state index >= 15 is 0 Å². The van der Waals surface area contributed by atoms with Crippen LogP contribution in [0, 0.1) is 0 Å². The standard InChI is InChI=1S/C18H16NP.C16H20N2/c19-17-13-7-8-14-18(17)20(15-9-3-1-4-10-15)16-11-5-2-6-12-16;17-11-12-18(13-15-7-3-1-4-8-15)14-16-9-5-2-6-10-16/h1-14H,19H2;1-10H,11-14,17H2. The predicted molar refractivity (Wildman–Crippen MR) is 166 cm³/mol. The van der Waals surface area contributed by atoms with Gasteiger partial charge in [-0.1, -0.05) is 140 Å². The molecule has 0 heterocycles. The first-order chi connectivity index (χ1) is 18.7. The second-order valence-electron chi connectivity index (χ2n) is 9.04. The van der Waals surface area contributed by atoms with E-state index in [0.717, 1.165) is 25.3 Å². The summed E-state index contributed by atoms with van der Waals surface area (Å²) >= 11 is 0. The molecule has 5 aromatic carbocycles. The van der Waals surface area contributed by atoms with E-state index in [1.165, 1.54) is 27.0 Å². The smallest absolute Gasteiger partial charge is 0.0398 e. The van der Waals surface area contributed by atoms with Crippen LogP contribution in [0.1, 0.15) is 11.1 Å². The van der Waals surface area contributed by atoms with E-state index in [0.29, 0.717) is 6.54 Å². The van der Waals surface area contributed by atoms with Gasteiger partial charge in [-0.15, -0.1) is 0 Å². The van der Waals surface area contributed by atoms with Crippen molar-refractivity contribution in [1.82, 2.24) is 4.90 Å². The van der Waals surface area contributed by atoms with Crippen LogP contribution in [-0.4, -0.2) is 18.0 Å². The molecule has 0 bridgehead atoms. The fourth-order valence-corrected chi connectivity index (χ4v) is 6.72. The summed E-state index contributed by atoms with van der Waals surface area (Å²) in [6, 6.07) is 50.5. The number of nitrogens with zero attached hydrogens (tertiary/aromatic N) is 1. The Balaban J connectivity index is 0.000000178. The largest absolute Gasteiger partial charge is 0.398 e. The van der Waals surface area contributed by atoms with Crippen LogP contribution in [0.3, 0.4) is 0 Å². The molecule has 0 saturated heterocycles. The van der Waals surface area contributed by atoms with Crippen molar-refractivity contribution in [2.45, 2.75) is 13.1 Å². The molecule has 0 radical (unpaired) electrons. The number of hydrogen-bond donors (Lipinski definition) is 2. The van der Waals surface area contributed by atoms with E-state index in [1.54, 1.807) is 0 Å². The van der Waals surface area contributed by atoms with Gasteiger partial charge in [-0.3, -0.25) is 4.90 Å². The molecule has 5 aromatic rings. The van der Waals surface area contributed by atoms with Crippen molar-refractivity contribution in [3.63, 3.8) is 0 Å². The number of para-hydroxylation sites is 1. The summed E-state index contributed by atoms with van der Waals surface area (Å²) in [4.78, 5) is 2.38. The summed E-state index contributed by atoms with van der Waals surface area (Å²) < 4.78 is 0. The molecule has 4 heteroatoms. The summed E-state index contributed by atoms with van der Waals surface area (Å²) in [5.74, 6) is 0. The van der Waals surface area contributed by atoms with Gasteiger partial charge in [0.25, 0.3) is 0 Å². The van der Waals surface area contributed by atoms with Crippen LogP contribution >= 0.6 is 7.92 Å². The molecule has 0 aliphatic carbocycles. The Labute approximate surface area is 228 Å². The second kappa shape index (κ2) is 14.9. The van der Waals surface area contributed by atoms with E-state index in [2.05, 4.69) is 126 Å². The minimum atomic E-state index is -0.592. The molecule has 0 amide bonds. The van der Waals surface area contributed by atoms with Gasteiger partial charge in [0.15, 0.2) is 0 Å². The van der Waals surface area contributed by atoms with Crippen molar-refractivity contribution < 1.29 is 0 Å². The number of anilines is 1. The van der Waals surface area contributed by atoms with Gasteiger partial charge in [0, 0.05) is 37.2 Å². The van der Waals surface area contributed by atoms with E-state index in [-0.39, 0.29) is 0 Å². The Morgan fingerprint density at radius 1 is 0.500 bits per heavy atom. The monoisotopic (exact) mass is 517 g/mol. The molecular formula is C34H36N3P. The quantitative estimate of drug-likeness (QED) is 0.196. The second-order valence-corrected chi connectivity index (χ2v) is 11.2. The van der Waals surface area contributed by atoms with Crippen LogP contribution < -0.4 is 27.4 Å². The minimum absolute atomic E-state index is 0.592. The van der Waals surface area contributed by atoms with Gasteiger partial charge < -0.3 is 11.5 Å². The van der Waals surface area contributed by atoms with E-state index in [9.17, 15) is 0 Å². The molecule has 4 N–H and O–H groups in total. The lowest BCUT2D eigenvalue weighted by atomic mass is 10.1. The molecule has 0 aliphatic rings. The number of benzene rings is 5. The molecule has 0 unspecified atom stereocenters. The van der Waals surface area contributed by atoms with Crippen molar-refractivity contribution in [3.05, 3.63) is 157 Å². The van der Waals surface area contributed by atoms with E-state index in [1.807, 2.05) is 24.3 Å². The Morgan fingerprint density at radius 3 is 1.32 bits per heavy atom. The maximum absolute atomic E-state index is 6.21. The number of rotatable bonds is 9. The van der Waals surface area contributed by atoms with Crippen molar-refractivity contribution in [3.8, 4) is 0 Å². The van der Waals surface area contributed by atoms with Crippen LogP contribution in [0.5, 0.6) is 0 Å². The van der Waals surface area contributed by atoms with Gasteiger partial charge in [0.05, 0.1) is 0 Å². The topological polar surface area (TPSA) is 55.3 Å². The van der Waals surface area contributed by atoms with Gasteiger partial charge in [0.2, 0.25) is 0 Å². The Kier molecular flexibility index (Phi) is 10.7. The average Bonchev–Trinajstić information content (AvgIpc) is 2.97. The third kappa shape index (κ3) is 8.13. The molecule has 0 aliphatic heterocycles. The maximum Gasteiger partial charge on any atom is 0.0398 e. The van der Waals surface area contributed by atoms with Gasteiger partial charge >= 0.3 is 0 Å². The minimum Gasteiger partial charge on any atom is -0.398 e. The molecule has 0 atom stereocenters. The molecule has 0 aromatic heterocycles. The van der Waals surface area contributed by atoms with Crippen LogP contribution in [-0.2, 0) is 13.1 Å². The molecule has 38 heavy (non-hydrogen) atoms. The van der Waals surface area contributed by atoms with Gasteiger partial charge in [-0.05, 0) is 35.7 Å². The predicted octanol–water partition coefficient (Wildman–Crippen LogP) is 5.67. The number of nitrogen functional groups attached to an aromatic ring is 1. The zero-order valence-electron chi connectivity index (χ0n) is 21.7. The summed E-state index contributed by atoms with van der Waals surface area (Å²) in [6.45, 7) is 3.52. The number of hydrogen-bond acceptors (Lipinski definition) is 3. The maximum atomic E-state index is 6.21. The van der Waals surface area contributed by atoms with Crippen LogP contribution in [0.15, 0.2) is 146 Å². The summed E-state index contributed by atoms with van der Waals surface area (Å²) in [6.07, 6.45) is 0. The Bertz CT molecular complexity index is 1250. The Morgan fingerprint density at radius 2 is 0.895 bits per heavy atom. The highest BCUT2D eigenvalue weighted by atomic mass is 31.1. The van der Waals surface area contributed by atoms with E-state index in [4.69, 9.17) is 11.5 Å². The first-order valence-corrected chi connectivity index (χ1v) is 14.3. The summed E-state index contributed by atoms with van der Waals surface area (Å²) in [5, 5.41) is 3.87. The molecule has 0 saturated carbocycles. The fraction of sp³-hybridized carbons (Fsp3) is 0.118. The highest BCUT2D eigenvalue weighted by molar-refractivity contribution is 7.80. The molecule has 0 fully saturated rings. The summed E-state index contributed by atoms with van der Waals surface area (Å²) in [5.41, 5.74) is 15.4. The SMILES string of the molecule is NCCN(Cc1ccccc1)Cc1ccccc1.Nc1ccccc1P(c1ccccc1)c1ccccc1. The zero-order chi connectivity index (χ0) is 26.4. The van der Waals surface area contributed by atoms with Gasteiger partial charge in [-0.2, -0.15) is 0 Å². The highest BCUT2D eigenvalue weighted by Crippen LogP contribution is 2.34. The van der Waals surface area contributed by atoms with Crippen molar-refractivity contribution >= 4 is 29.5 Å². The first kappa shape index (κ1) is 27.3. The molecular weight excluding hydrogens is 481 g/mol. The molecule has 0 spiro atoms. The van der Waals surface area contributed by atoms with Crippen LogP contribution in [0.25, 0.3) is 0 Å². The van der Waals surface area contributed by atoms with Crippen molar-refractivity contribution in [1.29, 1.82) is 0 Å².